The van der Waals surface area contributed by atoms with E-state index in [-0.39, 0.29) is 5.91 Å². The molecule has 1 rings (SSSR count). The summed E-state index contributed by atoms with van der Waals surface area (Å²) in [5.74, 6) is -0.0997. The van der Waals surface area contributed by atoms with E-state index in [1.807, 2.05) is 12.3 Å². The molecule has 13 heavy (non-hydrogen) atoms. The van der Waals surface area contributed by atoms with Gasteiger partial charge in [0.05, 0.1) is 12.3 Å². The van der Waals surface area contributed by atoms with Crippen molar-refractivity contribution in [1.29, 1.82) is 0 Å². The Morgan fingerprint density at radius 3 is 3.15 bits per heavy atom. The Morgan fingerprint density at radius 2 is 2.54 bits per heavy atom. The van der Waals surface area contributed by atoms with Crippen molar-refractivity contribution in [2.45, 2.75) is 20.5 Å². The molecular weight excluding hydrogens is 188 g/mol. The quantitative estimate of drug-likeness (QED) is 0.803. The number of nitrogens with zero attached hydrogens (tertiary/aromatic N) is 1. The van der Waals surface area contributed by atoms with E-state index in [9.17, 15) is 4.79 Å². The van der Waals surface area contributed by atoms with Crippen LogP contribution >= 0.6 is 11.3 Å². The van der Waals surface area contributed by atoms with Crippen LogP contribution in [0, 0.1) is 0 Å². The zero-order chi connectivity index (χ0) is 9.68. The lowest BCUT2D eigenvalue weighted by Gasteiger charge is -1.95. The van der Waals surface area contributed by atoms with Crippen molar-refractivity contribution in [3.63, 3.8) is 0 Å². The molecular formula is C8H12N2O2S. The maximum absolute atomic E-state index is 10.7. The summed E-state index contributed by atoms with van der Waals surface area (Å²) in [7, 11) is 0. The highest BCUT2D eigenvalue weighted by Gasteiger charge is 2.02. The van der Waals surface area contributed by atoms with Crippen LogP contribution in [0.15, 0.2) is 5.38 Å². The van der Waals surface area contributed by atoms with Gasteiger partial charge in [0.15, 0.2) is 5.13 Å². The fraction of sp³-hybridized carbons (Fsp3) is 0.500. The average molecular weight is 200 g/mol. The molecule has 4 nitrogen and oxygen atoms in total. The lowest BCUT2D eigenvalue weighted by atomic mass is 10.5. The van der Waals surface area contributed by atoms with Crippen LogP contribution < -0.4 is 5.32 Å². The fourth-order valence-corrected chi connectivity index (χ4v) is 1.53. The van der Waals surface area contributed by atoms with E-state index >= 15 is 0 Å². The first-order valence-electron chi connectivity index (χ1n) is 4.02. The molecule has 72 valence electrons. The average Bonchev–Trinajstić information content (AvgIpc) is 2.48. The number of amides is 1. The van der Waals surface area contributed by atoms with Crippen molar-refractivity contribution in [2.24, 2.45) is 0 Å². The predicted octanol–water partition coefficient (Wildman–Crippen LogP) is 1.64. The normalized spacial score (nSPS) is 10.0. The van der Waals surface area contributed by atoms with Crippen LogP contribution in [-0.4, -0.2) is 17.5 Å². The largest absolute Gasteiger partial charge is 0.375 e. The second-order valence-corrected chi connectivity index (χ2v) is 3.32. The minimum Gasteiger partial charge on any atom is -0.375 e. The summed E-state index contributed by atoms with van der Waals surface area (Å²) in [5, 5.41) is 5.12. The molecule has 1 amide bonds. The number of carbonyl (C=O) groups is 1. The van der Waals surface area contributed by atoms with E-state index < -0.39 is 0 Å². The third-order valence-corrected chi connectivity index (χ3v) is 2.10. The van der Waals surface area contributed by atoms with Crippen molar-refractivity contribution >= 4 is 22.4 Å². The maximum Gasteiger partial charge on any atom is 0.223 e. The van der Waals surface area contributed by atoms with E-state index in [2.05, 4.69) is 10.3 Å². The van der Waals surface area contributed by atoms with Crippen LogP contribution in [0.3, 0.4) is 0 Å². The molecule has 0 aromatic carbocycles. The minimum atomic E-state index is -0.0997. The van der Waals surface area contributed by atoms with Gasteiger partial charge in [-0.3, -0.25) is 4.79 Å². The van der Waals surface area contributed by atoms with Crippen molar-refractivity contribution in [1.82, 2.24) is 4.98 Å². The first kappa shape index (κ1) is 10.1. The van der Waals surface area contributed by atoms with Crippen molar-refractivity contribution in [2.75, 3.05) is 11.9 Å². The zero-order valence-electron chi connectivity index (χ0n) is 7.66. The predicted molar refractivity (Wildman–Crippen MR) is 51.7 cm³/mol. The molecule has 0 fully saturated rings. The Labute approximate surface area is 80.9 Å². The van der Waals surface area contributed by atoms with Gasteiger partial charge in [-0.15, -0.1) is 11.3 Å². The number of aromatic nitrogens is 1. The van der Waals surface area contributed by atoms with Crippen LogP contribution in [0.5, 0.6) is 0 Å². The Bertz CT molecular complexity index is 285. The molecule has 0 radical (unpaired) electrons. The highest BCUT2D eigenvalue weighted by Crippen LogP contribution is 2.15. The second-order valence-electron chi connectivity index (χ2n) is 2.46. The van der Waals surface area contributed by atoms with Crippen LogP contribution in [0.4, 0.5) is 5.13 Å². The Balaban J connectivity index is 2.48. The molecule has 5 heteroatoms. The molecule has 0 bridgehead atoms. The highest BCUT2D eigenvalue weighted by atomic mass is 32.1. The molecule has 0 aliphatic heterocycles. The summed E-state index contributed by atoms with van der Waals surface area (Å²) >= 11 is 1.41. The number of nitrogens with one attached hydrogen (secondary N) is 1. The van der Waals surface area contributed by atoms with Crippen LogP contribution in [0.25, 0.3) is 0 Å². The second kappa shape index (κ2) is 4.94. The molecule has 1 heterocycles. The Kier molecular flexibility index (Phi) is 3.85. The topological polar surface area (TPSA) is 51.2 Å². The third kappa shape index (κ3) is 3.52. The SMILES string of the molecule is CCOCc1csc(NC(C)=O)n1. The van der Waals surface area contributed by atoms with Gasteiger partial charge in [0.2, 0.25) is 5.91 Å². The summed E-state index contributed by atoms with van der Waals surface area (Å²) in [6, 6.07) is 0. The summed E-state index contributed by atoms with van der Waals surface area (Å²) in [6.45, 7) is 4.57. The van der Waals surface area contributed by atoms with Gasteiger partial charge in [-0.2, -0.15) is 0 Å². The van der Waals surface area contributed by atoms with Gasteiger partial charge in [-0.05, 0) is 6.92 Å². The van der Waals surface area contributed by atoms with Crippen LogP contribution in [0.1, 0.15) is 19.5 Å². The first-order chi connectivity index (χ1) is 6.22. The molecule has 0 saturated heterocycles. The standard InChI is InChI=1S/C8H12N2O2S/c1-3-12-4-7-5-13-8(10-7)9-6(2)11/h5H,3-4H2,1-2H3,(H,9,10,11). The Hall–Kier alpha value is -0.940. The summed E-state index contributed by atoms with van der Waals surface area (Å²) in [4.78, 5) is 14.8. The van der Waals surface area contributed by atoms with Crippen molar-refractivity contribution in [3.8, 4) is 0 Å². The number of thiazole rings is 1. The number of anilines is 1. The molecule has 1 aromatic rings. The van der Waals surface area contributed by atoms with Gasteiger partial charge >= 0.3 is 0 Å². The first-order valence-corrected chi connectivity index (χ1v) is 4.90. The number of carbonyl (C=O) groups excluding carboxylic acids is 1. The molecule has 0 atom stereocenters. The molecule has 0 spiro atoms. The van der Waals surface area contributed by atoms with Gasteiger partial charge in [-0.1, -0.05) is 0 Å². The lowest BCUT2D eigenvalue weighted by molar-refractivity contribution is -0.114. The molecule has 0 aliphatic carbocycles. The summed E-state index contributed by atoms with van der Waals surface area (Å²) in [6.07, 6.45) is 0. The van der Waals surface area contributed by atoms with E-state index in [0.29, 0.717) is 18.3 Å². The Morgan fingerprint density at radius 1 is 1.77 bits per heavy atom. The fourth-order valence-electron chi connectivity index (χ4n) is 0.788. The van der Waals surface area contributed by atoms with Gasteiger partial charge in [0, 0.05) is 18.9 Å². The molecule has 1 aromatic heterocycles. The summed E-state index contributed by atoms with van der Waals surface area (Å²) in [5.41, 5.74) is 0.857. The van der Waals surface area contributed by atoms with E-state index in [0.717, 1.165) is 5.69 Å². The van der Waals surface area contributed by atoms with Crippen molar-refractivity contribution in [3.05, 3.63) is 11.1 Å². The smallest absolute Gasteiger partial charge is 0.223 e. The zero-order valence-corrected chi connectivity index (χ0v) is 8.48. The van der Waals surface area contributed by atoms with Gasteiger partial charge in [0.1, 0.15) is 0 Å². The molecule has 1 N–H and O–H groups in total. The molecule has 0 aliphatic rings. The number of hydrogen-bond donors (Lipinski definition) is 1. The van der Waals surface area contributed by atoms with Gasteiger partial charge < -0.3 is 10.1 Å². The third-order valence-electron chi connectivity index (χ3n) is 1.29. The molecule has 0 unspecified atom stereocenters. The number of hydrogen-bond acceptors (Lipinski definition) is 4. The maximum atomic E-state index is 10.7. The summed E-state index contributed by atoms with van der Waals surface area (Å²) < 4.78 is 5.17. The number of rotatable bonds is 4. The van der Waals surface area contributed by atoms with Crippen LogP contribution in [-0.2, 0) is 16.1 Å². The van der Waals surface area contributed by atoms with E-state index in [1.54, 1.807) is 0 Å². The monoisotopic (exact) mass is 200 g/mol. The molecule has 0 saturated carbocycles. The number of ether oxygens (including phenoxy) is 1. The van der Waals surface area contributed by atoms with Gasteiger partial charge in [0.25, 0.3) is 0 Å². The van der Waals surface area contributed by atoms with Crippen molar-refractivity contribution < 1.29 is 9.53 Å². The highest BCUT2D eigenvalue weighted by molar-refractivity contribution is 7.13. The van der Waals surface area contributed by atoms with E-state index in [4.69, 9.17) is 4.74 Å². The van der Waals surface area contributed by atoms with Gasteiger partial charge in [-0.25, -0.2) is 4.98 Å². The lowest BCUT2D eigenvalue weighted by Crippen LogP contribution is -2.05. The van der Waals surface area contributed by atoms with Crippen LogP contribution in [0.2, 0.25) is 0 Å². The minimum absolute atomic E-state index is 0.0997. The van der Waals surface area contributed by atoms with E-state index in [1.165, 1.54) is 18.3 Å².